The summed E-state index contributed by atoms with van der Waals surface area (Å²) in [4.78, 5) is 6.10. The van der Waals surface area contributed by atoms with Crippen LogP contribution in [0.4, 0.5) is 5.82 Å². The number of hydrogen-bond donors (Lipinski definition) is 1. The van der Waals surface area contributed by atoms with Crippen molar-refractivity contribution in [3.05, 3.63) is 36.3 Å². The van der Waals surface area contributed by atoms with Crippen LogP contribution in [0.15, 0.2) is 30.7 Å². The van der Waals surface area contributed by atoms with Gasteiger partial charge in [0.2, 0.25) is 0 Å². The Morgan fingerprint density at radius 1 is 1.48 bits per heavy atom. The fraction of sp³-hybridized carbons (Fsp3) is 0.357. The van der Waals surface area contributed by atoms with Crippen LogP contribution in [0.2, 0.25) is 0 Å². The Balaban J connectivity index is 1.75. The number of aromatic nitrogens is 3. The molecular formula is C14H15N5O2. The smallest absolute Gasteiger partial charge is 0.157 e. The van der Waals surface area contributed by atoms with Crippen molar-refractivity contribution in [2.45, 2.75) is 12.2 Å². The number of hydrogen-bond acceptors (Lipinski definition) is 6. The predicted molar refractivity (Wildman–Crippen MR) is 74.8 cm³/mol. The van der Waals surface area contributed by atoms with Crippen LogP contribution in [0.25, 0.3) is 0 Å². The number of aryl methyl sites for hydroxylation is 1. The lowest BCUT2D eigenvalue weighted by atomic mass is 10.2. The molecule has 1 N–H and O–H groups in total. The highest BCUT2D eigenvalue weighted by molar-refractivity contribution is 5.54. The molecule has 2 atom stereocenters. The van der Waals surface area contributed by atoms with E-state index in [0.29, 0.717) is 30.2 Å². The van der Waals surface area contributed by atoms with Crippen molar-refractivity contribution in [3.63, 3.8) is 0 Å². The number of anilines is 1. The summed E-state index contributed by atoms with van der Waals surface area (Å²) in [5, 5.41) is 23.3. The second-order valence-electron chi connectivity index (χ2n) is 4.96. The summed E-state index contributed by atoms with van der Waals surface area (Å²) in [6.07, 6.45) is 3.98. The minimum Gasteiger partial charge on any atom is -0.482 e. The quantitative estimate of drug-likeness (QED) is 0.873. The van der Waals surface area contributed by atoms with E-state index >= 15 is 0 Å². The zero-order chi connectivity index (χ0) is 14.8. The van der Waals surface area contributed by atoms with Gasteiger partial charge in [-0.1, -0.05) is 0 Å². The first-order chi connectivity index (χ1) is 10.2. The van der Waals surface area contributed by atoms with Gasteiger partial charge in [0.1, 0.15) is 24.1 Å². The summed E-state index contributed by atoms with van der Waals surface area (Å²) in [6, 6.07) is 5.55. The highest BCUT2D eigenvalue weighted by Gasteiger charge is 2.34. The summed E-state index contributed by atoms with van der Waals surface area (Å²) >= 11 is 0. The molecule has 0 aromatic carbocycles. The van der Waals surface area contributed by atoms with Gasteiger partial charge >= 0.3 is 0 Å². The van der Waals surface area contributed by atoms with E-state index in [4.69, 9.17) is 10.00 Å². The number of rotatable bonds is 3. The zero-order valence-electron chi connectivity index (χ0n) is 11.5. The molecule has 2 aromatic heterocycles. The first-order valence-corrected chi connectivity index (χ1v) is 6.61. The first-order valence-electron chi connectivity index (χ1n) is 6.61. The van der Waals surface area contributed by atoms with E-state index in [1.807, 2.05) is 4.90 Å². The van der Waals surface area contributed by atoms with Crippen molar-refractivity contribution in [1.29, 1.82) is 5.26 Å². The van der Waals surface area contributed by atoms with E-state index in [-0.39, 0.29) is 6.10 Å². The summed E-state index contributed by atoms with van der Waals surface area (Å²) in [5.74, 6) is 1.20. The summed E-state index contributed by atoms with van der Waals surface area (Å²) < 4.78 is 7.39. The van der Waals surface area contributed by atoms with E-state index in [1.54, 1.807) is 42.5 Å². The van der Waals surface area contributed by atoms with E-state index in [0.717, 1.165) is 0 Å². The average molecular weight is 285 g/mol. The predicted octanol–water partition coefficient (Wildman–Crippen LogP) is 0.315. The third-order valence-corrected chi connectivity index (χ3v) is 3.41. The Bertz CT molecular complexity index is 678. The molecule has 0 amide bonds. The molecule has 3 heterocycles. The number of nitriles is 1. The number of ether oxygens (including phenoxy) is 1. The Kier molecular flexibility index (Phi) is 3.46. The van der Waals surface area contributed by atoms with Gasteiger partial charge in [0.25, 0.3) is 0 Å². The SMILES string of the molecule is Cn1cc(O[C@@H]2CN(c3ncccc3C#N)C[C@H]2O)cn1. The van der Waals surface area contributed by atoms with Gasteiger partial charge in [0.15, 0.2) is 5.75 Å². The first kappa shape index (κ1) is 13.4. The molecule has 108 valence electrons. The summed E-state index contributed by atoms with van der Waals surface area (Å²) in [5.41, 5.74) is 0.492. The van der Waals surface area contributed by atoms with Crippen LogP contribution in [-0.4, -0.2) is 45.2 Å². The molecule has 7 nitrogen and oxygen atoms in total. The molecule has 1 aliphatic heterocycles. The van der Waals surface area contributed by atoms with Crippen LogP contribution in [0, 0.1) is 11.3 Å². The van der Waals surface area contributed by atoms with Crippen LogP contribution in [0.1, 0.15) is 5.56 Å². The molecule has 0 saturated carbocycles. The van der Waals surface area contributed by atoms with E-state index < -0.39 is 6.10 Å². The topological polar surface area (TPSA) is 87.2 Å². The lowest BCUT2D eigenvalue weighted by Crippen LogP contribution is -2.29. The van der Waals surface area contributed by atoms with Gasteiger partial charge in [-0.25, -0.2) is 4.98 Å². The number of aliphatic hydroxyl groups excluding tert-OH is 1. The Morgan fingerprint density at radius 3 is 3.05 bits per heavy atom. The van der Waals surface area contributed by atoms with E-state index in [2.05, 4.69) is 16.2 Å². The molecule has 7 heteroatoms. The van der Waals surface area contributed by atoms with Crippen LogP contribution < -0.4 is 9.64 Å². The van der Waals surface area contributed by atoms with Gasteiger partial charge < -0.3 is 14.7 Å². The minimum absolute atomic E-state index is 0.372. The second kappa shape index (κ2) is 5.42. The molecule has 3 rings (SSSR count). The average Bonchev–Trinajstić information content (AvgIpc) is 3.06. The van der Waals surface area contributed by atoms with E-state index in [9.17, 15) is 5.11 Å². The Labute approximate surface area is 122 Å². The summed E-state index contributed by atoms with van der Waals surface area (Å²) in [7, 11) is 1.80. The molecule has 1 saturated heterocycles. The van der Waals surface area contributed by atoms with Gasteiger partial charge in [-0.05, 0) is 12.1 Å². The van der Waals surface area contributed by atoms with Crippen LogP contribution in [-0.2, 0) is 7.05 Å². The minimum atomic E-state index is -0.640. The molecule has 1 fully saturated rings. The number of β-amino-alcohol motifs (C(OH)–C–C–N with tert-alkyl or cyclic N) is 1. The van der Waals surface area contributed by atoms with Crippen molar-refractivity contribution in [1.82, 2.24) is 14.8 Å². The highest BCUT2D eigenvalue weighted by Crippen LogP contribution is 2.24. The largest absolute Gasteiger partial charge is 0.482 e. The molecule has 1 aliphatic rings. The molecule has 0 spiro atoms. The molecule has 0 radical (unpaired) electrons. The maximum absolute atomic E-state index is 10.1. The molecule has 0 aliphatic carbocycles. The lowest BCUT2D eigenvalue weighted by Gasteiger charge is -2.17. The summed E-state index contributed by atoms with van der Waals surface area (Å²) in [6.45, 7) is 0.860. The highest BCUT2D eigenvalue weighted by atomic mass is 16.5. The van der Waals surface area contributed by atoms with Crippen molar-refractivity contribution in [2.24, 2.45) is 7.05 Å². The van der Waals surface area contributed by atoms with Crippen molar-refractivity contribution < 1.29 is 9.84 Å². The van der Waals surface area contributed by atoms with Crippen molar-refractivity contribution in [3.8, 4) is 11.8 Å². The van der Waals surface area contributed by atoms with Crippen molar-refractivity contribution >= 4 is 5.82 Å². The van der Waals surface area contributed by atoms with Crippen LogP contribution in [0.3, 0.4) is 0 Å². The molecule has 21 heavy (non-hydrogen) atoms. The lowest BCUT2D eigenvalue weighted by molar-refractivity contribution is 0.0737. The number of nitrogens with zero attached hydrogens (tertiary/aromatic N) is 5. The Hall–Kier alpha value is -2.59. The fourth-order valence-corrected chi connectivity index (χ4v) is 2.42. The second-order valence-corrected chi connectivity index (χ2v) is 4.96. The van der Waals surface area contributed by atoms with Gasteiger partial charge in [0.05, 0.1) is 24.5 Å². The van der Waals surface area contributed by atoms with Crippen LogP contribution in [0.5, 0.6) is 5.75 Å². The molecule has 2 aromatic rings. The maximum atomic E-state index is 10.1. The standard InChI is InChI=1S/C14H15N5O2/c1-18-7-11(6-17-18)21-13-9-19(8-12(13)20)14-10(5-15)3-2-4-16-14/h2-4,6-7,12-13,20H,8-9H2,1H3/t12-,13-/m1/s1. The van der Waals surface area contributed by atoms with Gasteiger partial charge in [-0.15, -0.1) is 0 Å². The van der Waals surface area contributed by atoms with Gasteiger partial charge in [-0.2, -0.15) is 10.4 Å². The normalized spacial score (nSPS) is 21.3. The van der Waals surface area contributed by atoms with Crippen molar-refractivity contribution in [2.75, 3.05) is 18.0 Å². The fourth-order valence-electron chi connectivity index (χ4n) is 2.42. The van der Waals surface area contributed by atoms with Crippen LogP contribution >= 0.6 is 0 Å². The van der Waals surface area contributed by atoms with E-state index in [1.165, 1.54) is 0 Å². The zero-order valence-corrected chi connectivity index (χ0v) is 11.5. The van der Waals surface area contributed by atoms with Gasteiger partial charge in [-0.3, -0.25) is 4.68 Å². The molecule has 0 bridgehead atoms. The third kappa shape index (κ3) is 2.66. The number of pyridine rings is 1. The molecule has 0 unspecified atom stereocenters. The monoisotopic (exact) mass is 285 g/mol. The third-order valence-electron chi connectivity index (χ3n) is 3.41. The maximum Gasteiger partial charge on any atom is 0.157 e. The Morgan fingerprint density at radius 2 is 2.33 bits per heavy atom. The number of aliphatic hydroxyl groups is 1. The molecular weight excluding hydrogens is 270 g/mol. The van der Waals surface area contributed by atoms with Gasteiger partial charge in [0, 0.05) is 19.8 Å².